The fourth-order valence-electron chi connectivity index (χ4n) is 5.42. The summed E-state index contributed by atoms with van der Waals surface area (Å²) in [6.45, 7) is 6.96. The number of hydrogen-bond donors (Lipinski definition) is 0. The normalized spacial score (nSPS) is 24.1. The molecule has 5 rings (SSSR count). The van der Waals surface area contributed by atoms with E-state index in [4.69, 9.17) is 9.47 Å². The van der Waals surface area contributed by atoms with Gasteiger partial charge in [-0.05, 0) is 24.5 Å². The second-order valence-corrected chi connectivity index (χ2v) is 9.01. The molecule has 0 radical (unpaired) electrons. The maximum Gasteiger partial charge on any atom is 0.255 e. The van der Waals surface area contributed by atoms with Crippen LogP contribution in [0.5, 0.6) is 5.75 Å². The molecule has 3 aliphatic rings. The number of ether oxygens (including phenoxy) is 2. The fraction of sp³-hybridized carbons (Fsp3) is 0.542. The Labute approximate surface area is 182 Å². The summed E-state index contributed by atoms with van der Waals surface area (Å²) in [6.07, 6.45) is 1.10. The van der Waals surface area contributed by atoms with Gasteiger partial charge >= 0.3 is 0 Å². The third-order valence-electron chi connectivity index (χ3n) is 6.91. The van der Waals surface area contributed by atoms with Crippen LogP contribution in [0.3, 0.4) is 0 Å². The molecule has 166 valence electrons. The number of morpholine rings is 1. The third-order valence-corrected chi connectivity index (χ3v) is 6.91. The second kappa shape index (κ2) is 8.73. The van der Waals surface area contributed by atoms with Crippen molar-refractivity contribution in [2.24, 2.45) is 5.92 Å². The van der Waals surface area contributed by atoms with Gasteiger partial charge in [-0.3, -0.25) is 14.6 Å². The van der Waals surface area contributed by atoms with Crippen molar-refractivity contribution < 1.29 is 13.9 Å². The van der Waals surface area contributed by atoms with Gasteiger partial charge in [-0.1, -0.05) is 18.2 Å². The number of piperidine rings is 1. The quantitative estimate of drug-likeness (QED) is 0.734. The molecule has 2 bridgehead atoms. The average molecular weight is 428 g/mol. The smallest absolute Gasteiger partial charge is 0.255 e. The third kappa shape index (κ3) is 4.14. The summed E-state index contributed by atoms with van der Waals surface area (Å²) in [5.41, 5.74) is 2.83. The number of nitrogens with zero attached hydrogens (tertiary/aromatic N) is 3. The Morgan fingerprint density at radius 2 is 1.84 bits per heavy atom. The fourth-order valence-corrected chi connectivity index (χ4v) is 5.42. The molecule has 4 heterocycles. The molecule has 3 aliphatic heterocycles. The van der Waals surface area contributed by atoms with Crippen LogP contribution >= 0.6 is 0 Å². The number of rotatable bonds is 5. The van der Waals surface area contributed by atoms with Crippen molar-refractivity contribution in [3.63, 3.8) is 0 Å². The Balaban J connectivity index is 1.33. The molecule has 6 nitrogen and oxygen atoms in total. The molecule has 0 unspecified atom stereocenters. The largest absolute Gasteiger partial charge is 0.494 e. The monoisotopic (exact) mass is 427 g/mol. The Kier molecular flexibility index (Phi) is 5.82. The number of pyridine rings is 1. The van der Waals surface area contributed by atoms with Gasteiger partial charge in [0.15, 0.2) is 11.6 Å². The van der Waals surface area contributed by atoms with Gasteiger partial charge in [-0.2, -0.15) is 0 Å². The number of fused-ring (bicyclic) bond motifs is 4. The first-order valence-electron chi connectivity index (χ1n) is 11.2. The highest BCUT2D eigenvalue weighted by Crippen LogP contribution is 2.36. The minimum Gasteiger partial charge on any atom is -0.494 e. The second-order valence-electron chi connectivity index (χ2n) is 9.01. The Bertz CT molecular complexity index is 1000. The standard InChI is InChI=1S/C24H30FN3O3/c1-30-22-4-2-3-18(23(22)25)14-27-12-17-11-20(16-27)21-6-5-19(24(29)28(21)13-17)15-26-7-9-31-10-8-26/h2-6,17,20H,7-16H2,1H3/t17-,20+/m0/s1. The first-order valence-corrected chi connectivity index (χ1v) is 11.2. The number of likely N-dealkylation sites (tertiary alicyclic amines) is 1. The van der Waals surface area contributed by atoms with Crippen LogP contribution in [-0.4, -0.2) is 60.9 Å². The topological polar surface area (TPSA) is 46.9 Å². The van der Waals surface area contributed by atoms with Crippen LogP contribution in [0.25, 0.3) is 0 Å². The lowest BCUT2D eigenvalue weighted by Gasteiger charge is -2.43. The molecular weight excluding hydrogens is 397 g/mol. The van der Waals surface area contributed by atoms with Gasteiger partial charge < -0.3 is 14.0 Å². The molecule has 0 amide bonds. The molecule has 2 atom stereocenters. The predicted molar refractivity (Wildman–Crippen MR) is 116 cm³/mol. The van der Waals surface area contributed by atoms with Crippen molar-refractivity contribution in [1.29, 1.82) is 0 Å². The SMILES string of the molecule is COc1cccc(CN2C[C@@H]3C[C@H](C2)c2ccc(CN4CCOCC4)c(=O)n2C3)c1F. The molecule has 0 N–H and O–H groups in total. The lowest BCUT2D eigenvalue weighted by atomic mass is 9.82. The molecular formula is C24H30FN3O3. The van der Waals surface area contributed by atoms with Crippen molar-refractivity contribution in [3.8, 4) is 5.75 Å². The van der Waals surface area contributed by atoms with Crippen molar-refractivity contribution in [1.82, 2.24) is 14.4 Å². The van der Waals surface area contributed by atoms with E-state index in [0.717, 1.165) is 63.6 Å². The summed E-state index contributed by atoms with van der Waals surface area (Å²) in [4.78, 5) is 17.9. The van der Waals surface area contributed by atoms with Crippen LogP contribution in [0.1, 0.15) is 29.2 Å². The lowest BCUT2D eigenvalue weighted by Crippen LogP contribution is -2.47. The molecule has 1 aromatic carbocycles. The van der Waals surface area contributed by atoms with Crippen molar-refractivity contribution >= 4 is 0 Å². The molecule has 0 aliphatic carbocycles. The van der Waals surface area contributed by atoms with Gasteiger partial charge in [0.05, 0.1) is 20.3 Å². The van der Waals surface area contributed by atoms with Crippen LogP contribution in [-0.2, 0) is 24.4 Å². The van der Waals surface area contributed by atoms with E-state index in [9.17, 15) is 9.18 Å². The number of hydrogen-bond acceptors (Lipinski definition) is 5. The van der Waals surface area contributed by atoms with Crippen molar-refractivity contribution in [2.45, 2.75) is 32.0 Å². The summed E-state index contributed by atoms with van der Waals surface area (Å²) >= 11 is 0. The summed E-state index contributed by atoms with van der Waals surface area (Å²) in [7, 11) is 1.50. The number of aromatic nitrogens is 1. The number of halogens is 1. The van der Waals surface area contributed by atoms with E-state index in [0.29, 0.717) is 36.2 Å². The van der Waals surface area contributed by atoms with E-state index < -0.39 is 0 Å². The van der Waals surface area contributed by atoms with Gasteiger partial charge in [-0.15, -0.1) is 0 Å². The highest BCUT2D eigenvalue weighted by atomic mass is 19.1. The van der Waals surface area contributed by atoms with E-state index in [2.05, 4.69) is 15.9 Å². The zero-order valence-corrected chi connectivity index (χ0v) is 18.1. The first kappa shape index (κ1) is 20.7. The van der Waals surface area contributed by atoms with Gasteiger partial charge in [0.25, 0.3) is 5.56 Å². The number of benzene rings is 1. The molecule has 2 saturated heterocycles. The molecule has 0 saturated carbocycles. The van der Waals surface area contributed by atoms with Crippen molar-refractivity contribution in [2.75, 3.05) is 46.5 Å². The molecule has 1 aromatic heterocycles. The van der Waals surface area contributed by atoms with Gasteiger partial charge in [-0.25, -0.2) is 4.39 Å². The number of methoxy groups -OCH3 is 1. The van der Waals surface area contributed by atoms with Crippen LogP contribution in [0.2, 0.25) is 0 Å². The van der Waals surface area contributed by atoms with Crippen LogP contribution in [0.15, 0.2) is 35.1 Å². The Hall–Kier alpha value is -2.22. The van der Waals surface area contributed by atoms with E-state index in [1.165, 1.54) is 7.11 Å². The highest BCUT2D eigenvalue weighted by Gasteiger charge is 2.35. The van der Waals surface area contributed by atoms with E-state index in [1.807, 2.05) is 22.8 Å². The summed E-state index contributed by atoms with van der Waals surface area (Å²) in [6, 6.07) is 9.49. The van der Waals surface area contributed by atoms with Crippen LogP contribution in [0.4, 0.5) is 4.39 Å². The van der Waals surface area contributed by atoms with Crippen LogP contribution < -0.4 is 10.3 Å². The van der Waals surface area contributed by atoms with Gasteiger partial charge in [0.1, 0.15) is 0 Å². The average Bonchev–Trinajstić information content (AvgIpc) is 2.78. The van der Waals surface area contributed by atoms with E-state index >= 15 is 0 Å². The zero-order valence-electron chi connectivity index (χ0n) is 18.1. The minimum atomic E-state index is -0.273. The molecule has 31 heavy (non-hydrogen) atoms. The highest BCUT2D eigenvalue weighted by molar-refractivity contribution is 5.31. The molecule has 0 spiro atoms. The Morgan fingerprint density at radius 1 is 1.03 bits per heavy atom. The first-order chi connectivity index (χ1) is 15.1. The Morgan fingerprint density at radius 3 is 2.65 bits per heavy atom. The molecule has 2 fully saturated rings. The maximum absolute atomic E-state index is 14.6. The van der Waals surface area contributed by atoms with Gasteiger partial charge in [0, 0.05) is 68.6 Å². The zero-order chi connectivity index (χ0) is 21.4. The summed E-state index contributed by atoms with van der Waals surface area (Å²) in [5, 5.41) is 0. The van der Waals surface area contributed by atoms with Crippen LogP contribution in [0, 0.1) is 11.7 Å². The summed E-state index contributed by atoms with van der Waals surface area (Å²) in [5.74, 6) is 0.743. The summed E-state index contributed by atoms with van der Waals surface area (Å²) < 4.78 is 27.2. The minimum absolute atomic E-state index is 0.158. The predicted octanol–water partition coefficient (Wildman–Crippen LogP) is 2.45. The lowest BCUT2D eigenvalue weighted by molar-refractivity contribution is 0.0338. The van der Waals surface area contributed by atoms with E-state index in [1.54, 1.807) is 6.07 Å². The molecule has 2 aromatic rings. The molecule has 7 heteroatoms. The van der Waals surface area contributed by atoms with Crippen molar-refractivity contribution in [3.05, 3.63) is 63.3 Å². The van der Waals surface area contributed by atoms with E-state index in [-0.39, 0.29) is 11.4 Å². The van der Waals surface area contributed by atoms with Gasteiger partial charge in [0.2, 0.25) is 0 Å². The maximum atomic E-state index is 14.6.